The van der Waals surface area contributed by atoms with Crippen LogP contribution in [0.5, 0.6) is 0 Å². The van der Waals surface area contributed by atoms with Gasteiger partial charge in [-0.3, -0.25) is 9.59 Å². The van der Waals surface area contributed by atoms with Crippen LogP contribution in [0.25, 0.3) is 0 Å². The van der Waals surface area contributed by atoms with Gasteiger partial charge in [0.1, 0.15) is 0 Å². The number of rotatable bonds is 5. The Hall–Kier alpha value is -2.82. The molecule has 25 heavy (non-hydrogen) atoms. The number of carbonyl (C=O) groups excluding carboxylic acids is 2. The van der Waals surface area contributed by atoms with E-state index in [0.29, 0.717) is 17.8 Å². The van der Waals surface area contributed by atoms with Crippen LogP contribution < -0.4 is 16.4 Å². The van der Waals surface area contributed by atoms with E-state index in [1.807, 2.05) is 24.3 Å². The number of nitrogen functional groups attached to an aromatic ring is 1. The molecule has 0 saturated heterocycles. The number of benzene rings is 2. The Bertz CT molecular complexity index is 767. The van der Waals surface area contributed by atoms with Crippen LogP contribution in [0, 0.1) is 5.92 Å². The SMILES string of the molecule is Nc1ccccc1C(=O)NCc1cccc(NC(=O)C2CCCC2)c1. The van der Waals surface area contributed by atoms with Gasteiger partial charge in [-0.15, -0.1) is 0 Å². The van der Waals surface area contributed by atoms with Gasteiger partial charge < -0.3 is 16.4 Å². The summed E-state index contributed by atoms with van der Waals surface area (Å²) < 4.78 is 0. The Morgan fingerprint density at radius 1 is 1.04 bits per heavy atom. The quantitative estimate of drug-likeness (QED) is 0.732. The van der Waals surface area contributed by atoms with Gasteiger partial charge in [0.05, 0.1) is 5.56 Å². The van der Waals surface area contributed by atoms with Crippen molar-refractivity contribution in [3.63, 3.8) is 0 Å². The molecule has 0 heterocycles. The molecular formula is C20H23N3O2. The molecule has 4 N–H and O–H groups in total. The lowest BCUT2D eigenvalue weighted by molar-refractivity contribution is -0.119. The molecule has 5 heteroatoms. The normalized spacial score (nSPS) is 14.2. The number of nitrogens with two attached hydrogens (primary N) is 1. The van der Waals surface area contributed by atoms with E-state index < -0.39 is 0 Å². The maximum absolute atomic E-state index is 12.2. The fourth-order valence-corrected chi connectivity index (χ4v) is 3.17. The zero-order valence-electron chi connectivity index (χ0n) is 14.1. The van der Waals surface area contributed by atoms with E-state index in [-0.39, 0.29) is 17.7 Å². The van der Waals surface area contributed by atoms with Crippen molar-refractivity contribution in [2.24, 2.45) is 5.92 Å². The lowest BCUT2D eigenvalue weighted by Gasteiger charge is -2.12. The van der Waals surface area contributed by atoms with E-state index in [9.17, 15) is 9.59 Å². The van der Waals surface area contributed by atoms with Crippen molar-refractivity contribution in [2.45, 2.75) is 32.2 Å². The number of para-hydroxylation sites is 1. The van der Waals surface area contributed by atoms with Crippen molar-refractivity contribution < 1.29 is 9.59 Å². The molecule has 0 radical (unpaired) electrons. The van der Waals surface area contributed by atoms with Gasteiger partial charge in [0.25, 0.3) is 5.91 Å². The lowest BCUT2D eigenvalue weighted by atomic mass is 10.1. The molecule has 1 aliphatic rings. The van der Waals surface area contributed by atoms with Gasteiger partial charge in [0.2, 0.25) is 5.91 Å². The molecule has 0 spiro atoms. The van der Waals surface area contributed by atoms with Crippen molar-refractivity contribution >= 4 is 23.2 Å². The second-order valence-electron chi connectivity index (χ2n) is 6.44. The summed E-state index contributed by atoms with van der Waals surface area (Å²) >= 11 is 0. The molecule has 130 valence electrons. The highest BCUT2D eigenvalue weighted by Crippen LogP contribution is 2.26. The first-order valence-corrected chi connectivity index (χ1v) is 8.66. The molecule has 2 aromatic carbocycles. The predicted molar refractivity (Wildman–Crippen MR) is 99.1 cm³/mol. The van der Waals surface area contributed by atoms with E-state index in [2.05, 4.69) is 10.6 Å². The van der Waals surface area contributed by atoms with Crippen LogP contribution in [0.2, 0.25) is 0 Å². The summed E-state index contributed by atoms with van der Waals surface area (Å²) in [5, 5.41) is 5.84. The monoisotopic (exact) mass is 337 g/mol. The van der Waals surface area contributed by atoms with Gasteiger partial charge in [-0.25, -0.2) is 0 Å². The minimum absolute atomic E-state index is 0.0933. The van der Waals surface area contributed by atoms with Gasteiger partial charge in [0.15, 0.2) is 0 Å². The Morgan fingerprint density at radius 3 is 2.56 bits per heavy atom. The summed E-state index contributed by atoms with van der Waals surface area (Å²) in [4.78, 5) is 24.4. The summed E-state index contributed by atoms with van der Waals surface area (Å²) in [5.41, 5.74) is 8.43. The van der Waals surface area contributed by atoms with Crippen LogP contribution >= 0.6 is 0 Å². The average Bonchev–Trinajstić information content (AvgIpc) is 3.15. The third-order valence-electron chi connectivity index (χ3n) is 4.58. The molecule has 1 saturated carbocycles. The van der Waals surface area contributed by atoms with E-state index in [0.717, 1.165) is 36.9 Å². The summed E-state index contributed by atoms with van der Waals surface area (Å²) in [7, 11) is 0. The molecule has 2 amide bonds. The molecule has 1 fully saturated rings. The first kappa shape index (κ1) is 17.0. The fourth-order valence-electron chi connectivity index (χ4n) is 3.17. The Morgan fingerprint density at radius 2 is 1.80 bits per heavy atom. The summed E-state index contributed by atoms with van der Waals surface area (Å²) in [5.74, 6) is 0.0126. The summed E-state index contributed by atoms with van der Waals surface area (Å²) in [6.45, 7) is 0.375. The zero-order valence-corrected chi connectivity index (χ0v) is 14.1. The second-order valence-corrected chi connectivity index (χ2v) is 6.44. The van der Waals surface area contributed by atoms with Crippen LogP contribution in [0.15, 0.2) is 48.5 Å². The topological polar surface area (TPSA) is 84.2 Å². The van der Waals surface area contributed by atoms with Crippen LogP contribution in [-0.4, -0.2) is 11.8 Å². The molecule has 1 aliphatic carbocycles. The zero-order chi connectivity index (χ0) is 17.6. The van der Waals surface area contributed by atoms with E-state index >= 15 is 0 Å². The third kappa shape index (κ3) is 4.38. The molecular weight excluding hydrogens is 314 g/mol. The van der Waals surface area contributed by atoms with Crippen molar-refractivity contribution in [3.05, 3.63) is 59.7 Å². The highest BCUT2D eigenvalue weighted by molar-refractivity contribution is 5.99. The maximum atomic E-state index is 12.2. The smallest absolute Gasteiger partial charge is 0.253 e. The average molecular weight is 337 g/mol. The molecule has 0 atom stereocenters. The molecule has 3 rings (SSSR count). The Labute approximate surface area is 147 Å². The van der Waals surface area contributed by atoms with E-state index in [4.69, 9.17) is 5.73 Å². The number of hydrogen-bond donors (Lipinski definition) is 3. The fraction of sp³-hybridized carbons (Fsp3) is 0.300. The summed E-state index contributed by atoms with van der Waals surface area (Å²) in [6.07, 6.45) is 4.21. The van der Waals surface area contributed by atoms with E-state index in [1.165, 1.54) is 0 Å². The number of carbonyl (C=O) groups is 2. The van der Waals surface area contributed by atoms with Crippen LogP contribution in [0.1, 0.15) is 41.6 Å². The predicted octanol–water partition coefficient (Wildman–Crippen LogP) is 3.33. The first-order chi connectivity index (χ1) is 12.1. The van der Waals surface area contributed by atoms with Crippen molar-refractivity contribution in [2.75, 3.05) is 11.1 Å². The Balaban J connectivity index is 1.59. The summed E-state index contributed by atoms with van der Waals surface area (Å²) in [6, 6.07) is 14.5. The number of hydrogen-bond acceptors (Lipinski definition) is 3. The van der Waals surface area contributed by atoms with Crippen LogP contribution in [-0.2, 0) is 11.3 Å². The molecule has 0 unspecified atom stereocenters. The van der Waals surface area contributed by atoms with E-state index in [1.54, 1.807) is 24.3 Å². The van der Waals surface area contributed by atoms with Crippen molar-refractivity contribution in [3.8, 4) is 0 Å². The van der Waals surface area contributed by atoms with Gasteiger partial charge >= 0.3 is 0 Å². The molecule has 0 aromatic heterocycles. The number of anilines is 2. The lowest BCUT2D eigenvalue weighted by Crippen LogP contribution is -2.24. The highest BCUT2D eigenvalue weighted by Gasteiger charge is 2.22. The third-order valence-corrected chi connectivity index (χ3v) is 4.58. The highest BCUT2D eigenvalue weighted by atomic mass is 16.2. The first-order valence-electron chi connectivity index (χ1n) is 8.66. The van der Waals surface area contributed by atoms with Gasteiger partial charge in [-0.2, -0.15) is 0 Å². The molecule has 0 aliphatic heterocycles. The van der Waals surface area contributed by atoms with Crippen molar-refractivity contribution in [1.82, 2.24) is 5.32 Å². The van der Waals surface area contributed by atoms with Crippen molar-refractivity contribution in [1.29, 1.82) is 0 Å². The van der Waals surface area contributed by atoms with Gasteiger partial charge in [-0.05, 0) is 42.7 Å². The van der Waals surface area contributed by atoms with Crippen LogP contribution in [0.4, 0.5) is 11.4 Å². The maximum Gasteiger partial charge on any atom is 0.253 e. The van der Waals surface area contributed by atoms with Crippen LogP contribution in [0.3, 0.4) is 0 Å². The van der Waals surface area contributed by atoms with Gasteiger partial charge in [-0.1, -0.05) is 37.1 Å². The minimum Gasteiger partial charge on any atom is -0.398 e. The largest absolute Gasteiger partial charge is 0.398 e. The molecule has 0 bridgehead atoms. The standard InChI is InChI=1S/C20H23N3O2/c21-18-11-4-3-10-17(18)20(25)22-13-14-6-5-9-16(12-14)23-19(24)15-7-1-2-8-15/h3-6,9-12,15H,1-2,7-8,13,21H2,(H,22,25)(H,23,24). The molecule has 2 aromatic rings. The Kier molecular flexibility index (Phi) is 5.33. The minimum atomic E-state index is -0.210. The number of nitrogens with one attached hydrogen (secondary N) is 2. The molecule has 5 nitrogen and oxygen atoms in total. The second kappa shape index (κ2) is 7.83. The number of amides is 2. The van der Waals surface area contributed by atoms with Gasteiger partial charge in [0, 0.05) is 23.8 Å².